The molecule has 0 aromatic heterocycles. The van der Waals surface area contributed by atoms with Crippen LogP contribution in [0.4, 0.5) is 10.1 Å². The molecule has 2 nitrogen and oxygen atoms in total. The van der Waals surface area contributed by atoms with E-state index in [1.165, 1.54) is 6.07 Å². The molecule has 0 saturated heterocycles. The van der Waals surface area contributed by atoms with Gasteiger partial charge in [0.2, 0.25) is 5.91 Å². The molecule has 1 aromatic carbocycles. The molecule has 0 radical (unpaired) electrons. The Kier molecular flexibility index (Phi) is 2.71. The molecule has 1 heterocycles. The molecule has 0 saturated carbocycles. The summed E-state index contributed by atoms with van der Waals surface area (Å²) in [6.07, 6.45) is 3.00. The summed E-state index contributed by atoms with van der Waals surface area (Å²) in [4.78, 5) is 11.1. The van der Waals surface area contributed by atoms with Crippen LogP contribution < -0.4 is 5.32 Å². The first-order valence-corrected chi connectivity index (χ1v) is 5.32. The average molecular weight is 207 g/mol. The van der Waals surface area contributed by atoms with E-state index in [9.17, 15) is 9.18 Å². The summed E-state index contributed by atoms with van der Waals surface area (Å²) >= 11 is 0. The standard InChI is InChI=1S/C12H14FNO/c1-2-3-8-6-9-4-5-11(15)14-12(9)10(13)7-8/h6-7H,2-5H2,1H3,(H,14,15). The van der Waals surface area contributed by atoms with Crippen molar-refractivity contribution in [3.8, 4) is 0 Å². The summed E-state index contributed by atoms with van der Waals surface area (Å²) in [5.41, 5.74) is 2.33. The quantitative estimate of drug-likeness (QED) is 0.793. The van der Waals surface area contributed by atoms with Gasteiger partial charge in [-0.25, -0.2) is 4.39 Å². The highest BCUT2D eigenvalue weighted by atomic mass is 19.1. The molecule has 1 aliphatic rings. The lowest BCUT2D eigenvalue weighted by atomic mass is 9.98. The van der Waals surface area contributed by atoms with Crippen LogP contribution in [0.25, 0.3) is 0 Å². The van der Waals surface area contributed by atoms with Crippen molar-refractivity contribution >= 4 is 11.6 Å². The molecule has 0 bridgehead atoms. The zero-order valence-corrected chi connectivity index (χ0v) is 8.77. The molecular weight excluding hydrogens is 193 g/mol. The van der Waals surface area contributed by atoms with Crippen molar-refractivity contribution < 1.29 is 9.18 Å². The second-order valence-electron chi connectivity index (χ2n) is 3.91. The molecule has 3 heteroatoms. The van der Waals surface area contributed by atoms with Gasteiger partial charge in [-0.05, 0) is 30.0 Å². The van der Waals surface area contributed by atoms with Crippen molar-refractivity contribution in [3.05, 3.63) is 29.1 Å². The number of rotatable bonds is 2. The highest BCUT2D eigenvalue weighted by Crippen LogP contribution is 2.27. The van der Waals surface area contributed by atoms with Crippen LogP contribution in [0.5, 0.6) is 0 Å². The van der Waals surface area contributed by atoms with Gasteiger partial charge >= 0.3 is 0 Å². The number of hydrogen-bond donors (Lipinski definition) is 1. The lowest BCUT2D eigenvalue weighted by molar-refractivity contribution is -0.116. The number of carbonyl (C=O) groups excluding carboxylic acids is 1. The van der Waals surface area contributed by atoms with Crippen LogP contribution in [-0.4, -0.2) is 5.91 Å². The maximum atomic E-state index is 13.6. The van der Waals surface area contributed by atoms with Crippen LogP contribution in [0.2, 0.25) is 0 Å². The number of nitrogens with one attached hydrogen (secondary N) is 1. The molecule has 1 N–H and O–H groups in total. The second kappa shape index (κ2) is 4.01. The molecule has 0 aliphatic carbocycles. The van der Waals surface area contributed by atoms with Gasteiger partial charge in [-0.1, -0.05) is 19.4 Å². The predicted molar refractivity (Wildman–Crippen MR) is 57.3 cm³/mol. The minimum atomic E-state index is -0.302. The Bertz CT molecular complexity index is 401. The van der Waals surface area contributed by atoms with Gasteiger partial charge < -0.3 is 5.32 Å². The third-order valence-corrected chi connectivity index (χ3v) is 2.66. The smallest absolute Gasteiger partial charge is 0.224 e. The number of halogens is 1. The predicted octanol–water partition coefficient (Wildman–Crippen LogP) is 2.66. The van der Waals surface area contributed by atoms with E-state index in [-0.39, 0.29) is 11.7 Å². The molecule has 0 unspecified atom stereocenters. The maximum absolute atomic E-state index is 13.6. The first kappa shape index (κ1) is 10.1. The summed E-state index contributed by atoms with van der Waals surface area (Å²) in [5, 5.41) is 2.58. The fourth-order valence-electron chi connectivity index (χ4n) is 1.95. The van der Waals surface area contributed by atoms with Crippen molar-refractivity contribution in [2.75, 3.05) is 5.32 Å². The third kappa shape index (κ3) is 2.01. The fourth-order valence-corrected chi connectivity index (χ4v) is 1.95. The summed E-state index contributed by atoms with van der Waals surface area (Å²) in [5.74, 6) is -0.395. The first-order chi connectivity index (χ1) is 7.20. The van der Waals surface area contributed by atoms with Crippen LogP contribution in [0.15, 0.2) is 12.1 Å². The van der Waals surface area contributed by atoms with Crippen LogP contribution in [-0.2, 0) is 17.6 Å². The molecular formula is C12H14FNO. The summed E-state index contributed by atoms with van der Waals surface area (Å²) in [6.45, 7) is 2.07. The molecule has 0 spiro atoms. The highest BCUT2D eigenvalue weighted by Gasteiger charge is 2.18. The Labute approximate surface area is 88.5 Å². The van der Waals surface area contributed by atoms with Gasteiger partial charge in [0.1, 0.15) is 5.82 Å². The van der Waals surface area contributed by atoms with E-state index in [0.717, 1.165) is 24.0 Å². The largest absolute Gasteiger partial charge is 0.323 e. The number of carbonyl (C=O) groups is 1. The number of fused-ring (bicyclic) bond motifs is 1. The maximum Gasteiger partial charge on any atom is 0.224 e. The number of benzene rings is 1. The average Bonchev–Trinajstić information content (AvgIpc) is 2.20. The Morgan fingerprint density at radius 1 is 1.40 bits per heavy atom. The lowest BCUT2D eigenvalue weighted by Crippen LogP contribution is -2.20. The van der Waals surface area contributed by atoms with E-state index in [1.54, 1.807) is 0 Å². The Morgan fingerprint density at radius 2 is 2.20 bits per heavy atom. The topological polar surface area (TPSA) is 29.1 Å². The minimum Gasteiger partial charge on any atom is -0.323 e. The number of amides is 1. The summed E-state index contributed by atoms with van der Waals surface area (Å²) in [6, 6.07) is 3.52. The van der Waals surface area contributed by atoms with Crippen molar-refractivity contribution in [1.29, 1.82) is 0 Å². The molecule has 1 aromatic rings. The Morgan fingerprint density at radius 3 is 2.93 bits per heavy atom. The summed E-state index contributed by atoms with van der Waals surface area (Å²) in [7, 11) is 0. The van der Waals surface area contributed by atoms with E-state index in [1.807, 2.05) is 6.07 Å². The monoisotopic (exact) mass is 207 g/mol. The lowest BCUT2D eigenvalue weighted by Gasteiger charge is -2.18. The van der Waals surface area contributed by atoms with Crippen molar-refractivity contribution in [2.45, 2.75) is 32.6 Å². The van der Waals surface area contributed by atoms with Crippen molar-refractivity contribution in [1.82, 2.24) is 0 Å². The van der Waals surface area contributed by atoms with E-state index >= 15 is 0 Å². The van der Waals surface area contributed by atoms with Crippen LogP contribution in [0.1, 0.15) is 30.9 Å². The SMILES string of the molecule is CCCc1cc(F)c2c(c1)CCC(=O)N2. The Balaban J connectivity index is 2.38. The van der Waals surface area contributed by atoms with Crippen molar-refractivity contribution in [2.24, 2.45) is 0 Å². The van der Waals surface area contributed by atoms with E-state index in [2.05, 4.69) is 12.2 Å². The molecule has 1 amide bonds. The zero-order chi connectivity index (χ0) is 10.8. The first-order valence-electron chi connectivity index (χ1n) is 5.32. The second-order valence-corrected chi connectivity index (χ2v) is 3.91. The van der Waals surface area contributed by atoms with E-state index in [0.29, 0.717) is 18.5 Å². The van der Waals surface area contributed by atoms with Gasteiger partial charge in [0.05, 0.1) is 5.69 Å². The zero-order valence-electron chi connectivity index (χ0n) is 8.77. The molecule has 80 valence electrons. The Hall–Kier alpha value is -1.38. The van der Waals surface area contributed by atoms with Crippen LogP contribution >= 0.6 is 0 Å². The van der Waals surface area contributed by atoms with Crippen molar-refractivity contribution in [3.63, 3.8) is 0 Å². The van der Waals surface area contributed by atoms with E-state index < -0.39 is 0 Å². The number of anilines is 1. The van der Waals surface area contributed by atoms with Gasteiger partial charge in [-0.15, -0.1) is 0 Å². The van der Waals surface area contributed by atoms with E-state index in [4.69, 9.17) is 0 Å². The third-order valence-electron chi connectivity index (χ3n) is 2.66. The molecule has 15 heavy (non-hydrogen) atoms. The highest BCUT2D eigenvalue weighted by molar-refractivity contribution is 5.94. The fraction of sp³-hybridized carbons (Fsp3) is 0.417. The number of aryl methyl sites for hydroxylation is 2. The molecule has 2 rings (SSSR count). The summed E-state index contributed by atoms with van der Waals surface area (Å²) < 4.78 is 13.6. The molecule has 0 fully saturated rings. The van der Waals surface area contributed by atoms with Gasteiger partial charge in [-0.3, -0.25) is 4.79 Å². The minimum absolute atomic E-state index is 0.0929. The van der Waals surface area contributed by atoms with Gasteiger partial charge in [0.25, 0.3) is 0 Å². The van der Waals surface area contributed by atoms with Gasteiger partial charge in [-0.2, -0.15) is 0 Å². The van der Waals surface area contributed by atoms with Gasteiger partial charge in [0.15, 0.2) is 0 Å². The van der Waals surface area contributed by atoms with Gasteiger partial charge in [0, 0.05) is 6.42 Å². The molecule has 1 aliphatic heterocycles. The van der Waals surface area contributed by atoms with Crippen LogP contribution in [0.3, 0.4) is 0 Å². The normalized spacial score (nSPS) is 14.7. The van der Waals surface area contributed by atoms with Crippen LogP contribution in [0, 0.1) is 5.82 Å². The number of hydrogen-bond acceptors (Lipinski definition) is 1. The molecule has 0 atom stereocenters.